The Hall–Kier alpha value is -3.58. The first-order chi connectivity index (χ1) is 14.5. The van der Waals surface area contributed by atoms with Crippen LogP contribution in [0.4, 0.5) is 10.5 Å². The molecule has 2 aromatic carbocycles. The highest BCUT2D eigenvalue weighted by Crippen LogP contribution is 2.22. The molecule has 0 heterocycles. The molecule has 0 bridgehead atoms. The highest BCUT2D eigenvalue weighted by molar-refractivity contribution is 5.96. The summed E-state index contributed by atoms with van der Waals surface area (Å²) in [5, 5.41) is 8.34. The third-order valence-electron chi connectivity index (χ3n) is 4.07. The van der Waals surface area contributed by atoms with Crippen LogP contribution in [0.5, 0.6) is 11.5 Å². The molecule has 2 rings (SSSR count). The lowest BCUT2D eigenvalue weighted by molar-refractivity contribution is -0.118. The van der Waals surface area contributed by atoms with Crippen LogP contribution >= 0.6 is 0 Å². The third-order valence-corrected chi connectivity index (χ3v) is 4.07. The van der Waals surface area contributed by atoms with Crippen LogP contribution in [0.15, 0.2) is 79.4 Å². The molecule has 2 aromatic rings. The van der Waals surface area contributed by atoms with E-state index in [1.165, 1.54) is 6.08 Å². The van der Waals surface area contributed by atoms with E-state index in [0.717, 1.165) is 5.75 Å². The van der Waals surface area contributed by atoms with E-state index in [1.54, 1.807) is 31.3 Å². The Balaban J connectivity index is 1.94. The number of ether oxygens (including phenoxy) is 2. The van der Waals surface area contributed by atoms with Gasteiger partial charge in [-0.25, -0.2) is 4.79 Å². The summed E-state index contributed by atoms with van der Waals surface area (Å²) in [6.45, 7) is 7.78. The van der Waals surface area contributed by atoms with Gasteiger partial charge in [0.15, 0.2) is 0 Å². The van der Waals surface area contributed by atoms with Crippen molar-refractivity contribution in [1.29, 1.82) is 0 Å². The zero-order valence-corrected chi connectivity index (χ0v) is 17.0. The van der Waals surface area contributed by atoms with Crippen molar-refractivity contribution in [2.45, 2.75) is 12.5 Å². The molecule has 1 unspecified atom stereocenters. The number of nitrogens with one attached hydrogen (secondary N) is 3. The molecule has 0 aliphatic carbocycles. The second-order valence-corrected chi connectivity index (χ2v) is 6.46. The Morgan fingerprint density at radius 1 is 1.07 bits per heavy atom. The molecule has 30 heavy (non-hydrogen) atoms. The molecular weight excluding hydrogens is 382 g/mol. The van der Waals surface area contributed by atoms with Gasteiger partial charge in [0.25, 0.3) is 0 Å². The Kier molecular flexibility index (Phi) is 9.15. The second-order valence-electron chi connectivity index (χ2n) is 6.46. The highest BCUT2D eigenvalue weighted by Gasteiger charge is 2.21. The highest BCUT2D eigenvalue weighted by atomic mass is 16.5. The van der Waals surface area contributed by atoms with Gasteiger partial charge in [-0.05, 0) is 62.0 Å². The summed E-state index contributed by atoms with van der Waals surface area (Å²) in [6.07, 6.45) is 1.21. The monoisotopic (exact) mass is 409 g/mol. The molecule has 0 aliphatic rings. The van der Waals surface area contributed by atoms with Crippen molar-refractivity contribution in [1.82, 2.24) is 10.6 Å². The summed E-state index contributed by atoms with van der Waals surface area (Å²) in [5.41, 5.74) is 1.16. The molecule has 7 nitrogen and oxygen atoms in total. The maximum Gasteiger partial charge on any atom is 0.408 e. The number of benzene rings is 2. The average molecular weight is 409 g/mol. The summed E-state index contributed by atoms with van der Waals surface area (Å²) in [6, 6.07) is 15.6. The van der Waals surface area contributed by atoms with Gasteiger partial charge >= 0.3 is 6.09 Å². The van der Waals surface area contributed by atoms with Gasteiger partial charge in [-0.1, -0.05) is 37.4 Å². The summed E-state index contributed by atoms with van der Waals surface area (Å²) in [5.74, 6) is 1.03. The molecule has 0 fully saturated rings. The first-order valence-electron chi connectivity index (χ1n) is 9.53. The van der Waals surface area contributed by atoms with E-state index in [-0.39, 0.29) is 12.5 Å². The predicted octanol–water partition coefficient (Wildman–Crippen LogP) is 3.86. The largest absolute Gasteiger partial charge is 0.457 e. The minimum Gasteiger partial charge on any atom is -0.457 e. The summed E-state index contributed by atoms with van der Waals surface area (Å²) in [4.78, 5) is 24.6. The number of amides is 2. The summed E-state index contributed by atoms with van der Waals surface area (Å²) < 4.78 is 10.8. The van der Waals surface area contributed by atoms with Crippen molar-refractivity contribution in [3.05, 3.63) is 79.4 Å². The van der Waals surface area contributed by atoms with Crippen LogP contribution in [0.2, 0.25) is 0 Å². The SMILES string of the molecule is C=CC(=C)COC(=O)NC(CCNC)C(=O)Nc1ccc(Oc2ccccc2)cc1. The van der Waals surface area contributed by atoms with Gasteiger partial charge < -0.3 is 25.4 Å². The van der Waals surface area contributed by atoms with E-state index in [1.807, 2.05) is 30.3 Å². The van der Waals surface area contributed by atoms with Crippen molar-refractivity contribution in [3.63, 3.8) is 0 Å². The van der Waals surface area contributed by atoms with E-state index >= 15 is 0 Å². The lowest BCUT2D eigenvalue weighted by Gasteiger charge is -2.18. The number of alkyl carbamates (subject to hydrolysis) is 1. The normalized spacial score (nSPS) is 11.1. The number of hydrogen-bond acceptors (Lipinski definition) is 5. The van der Waals surface area contributed by atoms with Gasteiger partial charge in [0.05, 0.1) is 0 Å². The van der Waals surface area contributed by atoms with Crippen LogP contribution in [0.1, 0.15) is 6.42 Å². The maximum absolute atomic E-state index is 12.7. The van der Waals surface area contributed by atoms with E-state index < -0.39 is 12.1 Å². The zero-order chi connectivity index (χ0) is 21.8. The van der Waals surface area contributed by atoms with Gasteiger partial charge in [-0.2, -0.15) is 0 Å². The van der Waals surface area contributed by atoms with Crippen molar-refractivity contribution < 1.29 is 19.1 Å². The van der Waals surface area contributed by atoms with Gasteiger partial charge in [0.1, 0.15) is 24.1 Å². The molecule has 1 atom stereocenters. The third kappa shape index (κ3) is 7.81. The van der Waals surface area contributed by atoms with Crippen molar-refractivity contribution in [2.75, 3.05) is 25.5 Å². The molecule has 0 aromatic heterocycles. The van der Waals surface area contributed by atoms with Crippen molar-refractivity contribution >= 4 is 17.7 Å². The lowest BCUT2D eigenvalue weighted by atomic mass is 10.2. The molecule has 0 saturated heterocycles. The van der Waals surface area contributed by atoms with E-state index in [0.29, 0.717) is 30.0 Å². The van der Waals surface area contributed by atoms with Gasteiger partial charge in [-0.15, -0.1) is 0 Å². The van der Waals surface area contributed by atoms with E-state index in [2.05, 4.69) is 29.1 Å². The number of hydrogen-bond donors (Lipinski definition) is 3. The van der Waals surface area contributed by atoms with Crippen LogP contribution < -0.4 is 20.7 Å². The molecule has 0 saturated carbocycles. The van der Waals surface area contributed by atoms with Crippen LogP contribution in [0.25, 0.3) is 0 Å². The molecule has 158 valence electrons. The fraction of sp³-hybridized carbons (Fsp3) is 0.217. The number of carbonyl (C=O) groups excluding carboxylic acids is 2. The fourth-order valence-corrected chi connectivity index (χ4v) is 2.42. The minimum absolute atomic E-state index is 0.0125. The van der Waals surface area contributed by atoms with E-state index in [4.69, 9.17) is 9.47 Å². The Morgan fingerprint density at radius 3 is 2.37 bits per heavy atom. The number of anilines is 1. The molecule has 3 N–H and O–H groups in total. The van der Waals surface area contributed by atoms with Gasteiger partial charge in [0, 0.05) is 5.69 Å². The first-order valence-corrected chi connectivity index (χ1v) is 9.53. The van der Waals surface area contributed by atoms with Crippen LogP contribution in [-0.4, -0.2) is 38.2 Å². The Morgan fingerprint density at radius 2 is 1.73 bits per heavy atom. The minimum atomic E-state index is -0.762. The molecular formula is C23H27N3O4. The van der Waals surface area contributed by atoms with Crippen LogP contribution in [0.3, 0.4) is 0 Å². The summed E-state index contributed by atoms with van der Waals surface area (Å²) in [7, 11) is 1.77. The van der Waals surface area contributed by atoms with Crippen LogP contribution in [-0.2, 0) is 9.53 Å². The lowest BCUT2D eigenvalue weighted by Crippen LogP contribution is -2.45. The quantitative estimate of drug-likeness (QED) is 0.491. The van der Waals surface area contributed by atoms with Gasteiger partial charge in [0.2, 0.25) is 5.91 Å². The van der Waals surface area contributed by atoms with Gasteiger partial charge in [-0.3, -0.25) is 4.79 Å². The Bertz CT molecular complexity index is 851. The molecule has 7 heteroatoms. The van der Waals surface area contributed by atoms with Crippen molar-refractivity contribution in [3.8, 4) is 11.5 Å². The Labute approximate surface area is 176 Å². The second kappa shape index (κ2) is 12.1. The first kappa shape index (κ1) is 22.7. The molecule has 2 amide bonds. The average Bonchev–Trinajstić information content (AvgIpc) is 2.76. The fourth-order valence-electron chi connectivity index (χ4n) is 2.42. The maximum atomic E-state index is 12.7. The molecule has 0 aliphatic heterocycles. The molecule has 0 radical (unpaired) electrons. The standard InChI is InChI=1S/C23H27N3O4/c1-4-17(2)16-29-23(28)26-21(14-15-24-3)22(27)25-18-10-12-20(13-11-18)30-19-8-6-5-7-9-19/h4-13,21,24H,1-2,14-16H2,3H3,(H,25,27)(H,26,28). The number of carbonyl (C=O) groups is 2. The predicted molar refractivity (Wildman–Crippen MR) is 118 cm³/mol. The molecule has 0 spiro atoms. The van der Waals surface area contributed by atoms with Crippen molar-refractivity contribution in [2.24, 2.45) is 0 Å². The number of para-hydroxylation sites is 1. The van der Waals surface area contributed by atoms with Crippen LogP contribution in [0, 0.1) is 0 Å². The number of rotatable bonds is 11. The van der Waals surface area contributed by atoms with E-state index in [9.17, 15) is 9.59 Å². The summed E-state index contributed by atoms with van der Waals surface area (Å²) >= 11 is 0. The zero-order valence-electron chi connectivity index (χ0n) is 17.0. The topological polar surface area (TPSA) is 88.7 Å². The smallest absolute Gasteiger partial charge is 0.408 e.